The molecule has 0 saturated heterocycles. The SMILES string of the molecule is COc1ccc(C2=NN(C(C)=O)C(CN(C(C)=O)c3ccc(I)cc3)O2)cc1OC. The van der Waals surface area contributed by atoms with Crippen LogP contribution in [0.5, 0.6) is 11.5 Å². The Hall–Kier alpha value is -2.82. The largest absolute Gasteiger partial charge is 0.493 e. The molecule has 2 amide bonds. The lowest BCUT2D eigenvalue weighted by Gasteiger charge is -2.27. The summed E-state index contributed by atoms with van der Waals surface area (Å²) in [6, 6.07) is 12.8. The first-order valence-electron chi connectivity index (χ1n) is 9.15. The fourth-order valence-corrected chi connectivity index (χ4v) is 3.40. The number of methoxy groups -OCH3 is 2. The maximum atomic E-state index is 12.3. The van der Waals surface area contributed by atoms with E-state index in [1.807, 2.05) is 24.3 Å². The van der Waals surface area contributed by atoms with Gasteiger partial charge in [0.15, 0.2) is 11.5 Å². The van der Waals surface area contributed by atoms with Crippen LogP contribution in [-0.2, 0) is 14.3 Å². The van der Waals surface area contributed by atoms with Gasteiger partial charge in [0.1, 0.15) is 0 Å². The number of hydrogen-bond acceptors (Lipinski definition) is 6. The Balaban J connectivity index is 1.87. The molecule has 1 aliphatic heterocycles. The van der Waals surface area contributed by atoms with Gasteiger partial charge in [0.25, 0.3) is 0 Å². The highest BCUT2D eigenvalue weighted by molar-refractivity contribution is 14.1. The number of amides is 2. The van der Waals surface area contributed by atoms with Crippen LogP contribution in [0, 0.1) is 3.57 Å². The Morgan fingerprint density at radius 3 is 2.33 bits per heavy atom. The number of halogens is 1. The highest BCUT2D eigenvalue weighted by Gasteiger charge is 2.34. The molecule has 0 bridgehead atoms. The van der Waals surface area contributed by atoms with Crippen LogP contribution in [0.25, 0.3) is 0 Å². The van der Waals surface area contributed by atoms with Gasteiger partial charge in [0.05, 0.1) is 20.8 Å². The summed E-state index contributed by atoms with van der Waals surface area (Å²) >= 11 is 2.20. The molecule has 0 fully saturated rings. The zero-order chi connectivity index (χ0) is 21.8. The van der Waals surface area contributed by atoms with Crippen LogP contribution in [0.2, 0.25) is 0 Å². The number of anilines is 1. The zero-order valence-corrected chi connectivity index (χ0v) is 19.2. The maximum absolute atomic E-state index is 12.3. The van der Waals surface area contributed by atoms with Crippen LogP contribution in [0.4, 0.5) is 5.69 Å². The van der Waals surface area contributed by atoms with Crippen molar-refractivity contribution >= 4 is 46.0 Å². The van der Waals surface area contributed by atoms with Crippen molar-refractivity contribution in [3.8, 4) is 11.5 Å². The summed E-state index contributed by atoms with van der Waals surface area (Å²) in [5, 5.41) is 5.58. The average molecular weight is 523 g/mol. The number of carbonyl (C=O) groups excluding carboxylic acids is 2. The van der Waals surface area contributed by atoms with Crippen LogP contribution in [-0.4, -0.2) is 49.7 Å². The number of nitrogens with zero attached hydrogens (tertiary/aromatic N) is 3. The molecule has 1 unspecified atom stereocenters. The molecule has 2 aromatic carbocycles. The van der Waals surface area contributed by atoms with Crippen LogP contribution >= 0.6 is 22.6 Å². The minimum absolute atomic E-state index is 0.135. The minimum atomic E-state index is -0.756. The zero-order valence-electron chi connectivity index (χ0n) is 17.1. The molecule has 9 heteroatoms. The quantitative estimate of drug-likeness (QED) is 0.544. The van der Waals surface area contributed by atoms with Crippen LogP contribution in [0.15, 0.2) is 47.6 Å². The normalized spacial score (nSPS) is 15.3. The standard InChI is InChI=1S/C21H22IN3O5/c1-13(26)24(17-8-6-16(22)7-9-17)12-20-25(14(2)27)23-21(30-20)15-5-10-18(28-3)19(11-15)29-4/h5-11,20H,12H2,1-4H3. The van der Waals surface area contributed by atoms with Crippen molar-refractivity contribution in [2.45, 2.75) is 20.1 Å². The van der Waals surface area contributed by atoms with Gasteiger partial charge in [0, 0.05) is 28.7 Å². The van der Waals surface area contributed by atoms with Crippen LogP contribution in [0.3, 0.4) is 0 Å². The summed E-state index contributed by atoms with van der Waals surface area (Å²) in [7, 11) is 3.09. The summed E-state index contributed by atoms with van der Waals surface area (Å²) in [5.41, 5.74) is 1.35. The van der Waals surface area contributed by atoms with Crippen molar-refractivity contribution in [1.82, 2.24) is 5.01 Å². The third kappa shape index (κ3) is 4.66. The number of benzene rings is 2. The summed E-state index contributed by atoms with van der Waals surface area (Å²) in [6.07, 6.45) is -0.756. The van der Waals surface area contributed by atoms with Crippen LogP contribution < -0.4 is 14.4 Å². The third-order valence-electron chi connectivity index (χ3n) is 4.53. The van der Waals surface area contributed by atoms with Gasteiger partial charge in [-0.25, -0.2) is 0 Å². The molecule has 158 valence electrons. The van der Waals surface area contributed by atoms with E-state index in [2.05, 4.69) is 27.7 Å². The second kappa shape index (κ2) is 9.33. The lowest BCUT2D eigenvalue weighted by Crippen LogP contribution is -2.44. The van der Waals surface area contributed by atoms with E-state index in [0.29, 0.717) is 17.1 Å². The molecule has 1 atom stereocenters. The number of ether oxygens (including phenoxy) is 3. The molecule has 1 heterocycles. The maximum Gasteiger partial charge on any atom is 0.243 e. The lowest BCUT2D eigenvalue weighted by molar-refractivity contribution is -0.135. The first-order chi connectivity index (χ1) is 14.3. The molecule has 0 spiro atoms. The third-order valence-corrected chi connectivity index (χ3v) is 5.25. The second-order valence-corrected chi connectivity index (χ2v) is 7.76. The number of carbonyl (C=O) groups is 2. The molecule has 1 aliphatic rings. The van der Waals surface area contributed by atoms with E-state index in [1.54, 1.807) is 30.2 Å². The molecular formula is C21H22IN3O5. The van der Waals surface area contributed by atoms with Gasteiger partial charge in [-0.05, 0) is 65.1 Å². The average Bonchev–Trinajstić information content (AvgIpc) is 3.16. The van der Waals surface area contributed by atoms with Crippen molar-refractivity contribution in [3.05, 3.63) is 51.6 Å². The fourth-order valence-electron chi connectivity index (χ4n) is 3.04. The molecule has 30 heavy (non-hydrogen) atoms. The van der Waals surface area contributed by atoms with Gasteiger partial charge in [-0.15, -0.1) is 5.10 Å². The van der Waals surface area contributed by atoms with E-state index in [9.17, 15) is 9.59 Å². The van der Waals surface area contributed by atoms with E-state index in [4.69, 9.17) is 14.2 Å². The van der Waals surface area contributed by atoms with Crippen LogP contribution in [0.1, 0.15) is 19.4 Å². The van der Waals surface area contributed by atoms with Gasteiger partial charge in [-0.3, -0.25) is 9.59 Å². The van der Waals surface area contributed by atoms with Crippen molar-refractivity contribution in [2.75, 3.05) is 25.7 Å². The summed E-state index contributed by atoms with van der Waals surface area (Å²) in [5.74, 6) is 0.899. The predicted octanol–water partition coefficient (Wildman–Crippen LogP) is 3.23. The second-order valence-electron chi connectivity index (χ2n) is 6.52. The molecule has 8 nitrogen and oxygen atoms in total. The summed E-state index contributed by atoms with van der Waals surface area (Å²) < 4.78 is 17.6. The van der Waals surface area contributed by atoms with E-state index in [1.165, 1.54) is 26.0 Å². The van der Waals surface area contributed by atoms with Crippen molar-refractivity contribution in [2.24, 2.45) is 5.10 Å². The van der Waals surface area contributed by atoms with Gasteiger partial charge >= 0.3 is 0 Å². The molecule has 3 rings (SSSR count). The molecule has 0 aliphatic carbocycles. The number of rotatable bonds is 6. The Kier molecular flexibility index (Phi) is 6.80. The van der Waals surface area contributed by atoms with Crippen molar-refractivity contribution < 1.29 is 23.8 Å². The van der Waals surface area contributed by atoms with Crippen molar-refractivity contribution in [3.63, 3.8) is 0 Å². The Labute approximate surface area is 188 Å². The van der Waals surface area contributed by atoms with Gasteiger partial charge in [0.2, 0.25) is 23.9 Å². The molecule has 0 aromatic heterocycles. The number of hydrazone groups is 1. The summed E-state index contributed by atoms with van der Waals surface area (Å²) in [4.78, 5) is 26.0. The Bertz CT molecular complexity index is 977. The van der Waals surface area contributed by atoms with Gasteiger partial charge in [-0.1, -0.05) is 0 Å². The first-order valence-corrected chi connectivity index (χ1v) is 10.2. The molecule has 0 radical (unpaired) electrons. The monoisotopic (exact) mass is 523 g/mol. The van der Waals surface area contributed by atoms with E-state index < -0.39 is 6.23 Å². The van der Waals surface area contributed by atoms with Gasteiger partial charge in [-0.2, -0.15) is 5.01 Å². The van der Waals surface area contributed by atoms with Crippen molar-refractivity contribution in [1.29, 1.82) is 0 Å². The van der Waals surface area contributed by atoms with Gasteiger partial charge < -0.3 is 19.1 Å². The predicted molar refractivity (Wildman–Crippen MR) is 121 cm³/mol. The highest BCUT2D eigenvalue weighted by atomic mass is 127. The minimum Gasteiger partial charge on any atom is -0.493 e. The van der Waals surface area contributed by atoms with E-state index in [0.717, 1.165) is 9.26 Å². The first kappa shape index (κ1) is 21.9. The molecular weight excluding hydrogens is 501 g/mol. The van der Waals surface area contributed by atoms with E-state index in [-0.39, 0.29) is 24.3 Å². The topological polar surface area (TPSA) is 80.7 Å². The smallest absolute Gasteiger partial charge is 0.243 e. The highest BCUT2D eigenvalue weighted by Crippen LogP contribution is 2.30. The molecule has 0 saturated carbocycles. The Morgan fingerprint density at radius 2 is 1.77 bits per heavy atom. The Morgan fingerprint density at radius 1 is 1.10 bits per heavy atom. The molecule has 0 N–H and O–H groups in total. The number of hydrogen-bond donors (Lipinski definition) is 0. The summed E-state index contributed by atoms with van der Waals surface area (Å²) in [6.45, 7) is 3.01. The van der Waals surface area contributed by atoms with E-state index >= 15 is 0 Å². The fraction of sp³-hybridized carbons (Fsp3) is 0.286. The molecule has 2 aromatic rings. The lowest BCUT2D eigenvalue weighted by atomic mass is 10.2.